The zero-order chi connectivity index (χ0) is 29.9. The van der Waals surface area contributed by atoms with Crippen molar-refractivity contribution >= 4 is 22.6 Å². The minimum atomic E-state index is -4.57. The maximum atomic E-state index is 13.8. The Bertz CT molecular complexity index is 1770. The van der Waals surface area contributed by atoms with Crippen molar-refractivity contribution in [3.8, 4) is 11.4 Å². The molecule has 0 fully saturated rings. The van der Waals surface area contributed by atoms with E-state index in [1.807, 2.05) is 30.3 Å². The van der Waals surface area contributed by atoms with E-state index in [9.17, 15) is 22.8 Å². The summed E-state index contributed by atoms with van der Waals surface area (Å²) in [6.07, 6.45) is -4.57. The normalized spacial score (nSPS) is 12.1. The number of anilines is 1. The first-order chi connectivity index (χ1) is 20.2. The number of halogens is 3. The van der Waals surface area contributed by atoms with E-state index in [2.05, 4.69) is 5.32 Å². The molecule has 0 aliphatic rings. The summed E-state index contributed by atoms with van der Waals surface area (Å²) in [5.74, 6) is 0.875. The molecule has 5 aromatic rings. The molecule has 0 spiro atoms. The van der Waals surface area contributed by atoms with Crippen LogP contribution in [0.25, 0.3) is 16.6 Å². The second-order valence-corrected chi connectivity index (χ2v) is 9.62. The maximum absolute atomic E-state index is 13.8. The molecule has 1 N–H and O–H groups in total. The van der Waals surface area contributed by atoms with E-state index in [1.165, 1.54) is 28.7 Å². The molecule has 7 nitrogen and oxygen atoms in total. The summed E-state index contributed by atoms with van der Waals surface area (Å²) >= 11 is 0. The fraction of sp³-hybridized carbons (Fsp3) is 0.156. The second kappa shape index (κ2) is 11.8. The second-order valence-electron chi connectivity index (χ2n) is 9.62. The SMILES string of the molecule is COc1ccc(-n2c(C(C)N(Cc3ccccc3)C(=O)Nc3cccc(C(F)(F)F)c3)nc3ccccc3c2=O)cc1. The number of urea groups is 1. The molecule has 1 unspecified atom stereocenters. The van der Waals surface area contributed by atoms with Gasteiger partial charge in [-0.2, -0.15) is 13.2 Å². The molecule has 0 saturated carbocycles. The van der Waals surface area contributed by atoms with Crippen LogP contribution in [0.3, 0.4) is 0 Å². The number of nitrogens with one attached hydrogen (secondary N) is 1. The van der Waals surface area contributed by atoms with Crippen LogP contribution in [0.15, 0.2) is 108 Å². The molecule has 2 amide bonds. The Balaban J connectivity index is 1.62. The quantitative estimate of drug-likeness (QED) is 0.224. The number of methoxy groups -OCH3 is 1. The highest BCUT2D eigenvalue weighted by Gasteiger charge is 2.31. The van der Waals surface area contributed by atoms with Crippen LogP contribution in [0.1, 0.15) is 29.9 Å². The number of rotatable bonds is 7. The molecule has 0 aliphatic carbocycles. The fourth-order valence-corrected chi connectivity index (χ4v) is 4.68. The molecule has 10 heteroatoms. The lowest BCUT2D eigenvalue weighted by molar-refractivity contribution is -0.137. The van der Waals surface area contributed by atoms with Gasteiger partial charge in [-0.05, 0) is 67.1 Å². The molecule has 1 aromatic heterocycles. The number of amides is 2. The monoisotopic (exact) mass is 572 g/mol. The third-order valence-corrected chi connectivity index (χ3v) is 6.87. The molecule has 0 aliphatic heterocycles. The van der Waals surface area contributed by atoms with Crippen LogP contribution >= 0.6 is 0 Å². The molecule has 1 atom stereocenters. The third-order valence-electron chi connectivity index (χ3n) is 6.87. The number of carbonyl (C=O) groups excluding carboxylic acids is 1. The summed E-state index contributed by atoms with van der Waals surface area (Å²) < 4.78 is 46.8. The molecule has 0 bridgehead atoms. The first-order valence-corrected chi connectivity index (χ1v) is 13.1. The van der Waals surface area contributed by atoms with Crippen molar-refractivity contribution in [3.63, 3.8) is 0 Å². The summed E-state index contributed by atoms with van der Waals surface area (Å²) in [7, 11) is 1.54. The molecule has 5 rings (SSSR count). The Hall–Kier alpha value is -5.12. The standard InChI is InChI=1S/C32H27F3N4O3/c1-21(29-37-28-14-7-6-13-27(28)30(40)39(29)25-15-17-26(42-2)18-16-25)38(20-22-9-4-3-5-10-22)31(41)36-24-12-8-11-23(19-24)32(33,34)35/h3-19,21H,20H2,1-2H3,(H,36,41). The van der Waals surface area contributed by atoms with Crippen molar-refractivity contribution in [3.05, 3.63) is 130 Å². The predicted molar refractivity (Wildman–Crippen MR) is 155 cm³/mol. The van der Waals surface area contributed by atoms with Crippen molar-refractivity contribution in [2.45, 2.75) is 25.7 Å². The Kier molecular flexibility index (Phi) is 7.97. The Morgan fingerprint density at radius 3 is 2.33 bits per heavy atom. The number of alkyl halides is 3. The Labute approximate surface area is 239 Å². The molecular formula is C32H27F3N4O3. The van der Waals surface area contributed by atoms with Crippen LogP contribution in [0, 0.1) is 0 Å². The number of para-hydroxylation sites is 1. The van der Waals surface area contributed by atoms with Crippen LogP contribution in [0.2, 0.25) is 0 Å². The maximum Gasteiger partial charge on any atom is 0.416 e. The van der Waals surface area contributed by atoms with E-state index in [-0.39, 0.29) is 23.6 Å². The third kappa shape index (κ3) is 5.97. The van der Waals surface area contributed by atoms with Gasteiger partial charge in [-0.1, -0.05) is 48.5 Å². The van der Waals surface area contributed by atoms with Crippen molar-refractivity contribution in [1.82, 2.24) is 14.5 Å². The van der Waals surface area contributed by atoms with Crippen molar-refractivity contribution in [2.24, 2.45) is 0 Å². The van der Waals surface area contributed by atoms with E-state index >= 15 is 0 Å². The van der Waals surface area contributed by atoms with E-state index in [0.29, 0.717) is 22.3 Å². The highest BCUT2D eigenvalue weighted by atomic mass is 19.4. The Morgan fingerprint density at radius 2 is 1.64 bits per heavy atom. The summed E-state index contributed by atoms with van der Waals surface area (Å²) in [6, 6.07) is 25.9. The van der Waals surface area contributed by atoms with Gasteiger partial charge in [0.2, 0.25) is 0 Å². The van der Waals surface area contributed by atoms with Gasteiger partial charge in [0.25, 0.3) is 5.56 Å². The largest absolute Gasteiger partial charge is 0.497 e. The zero-order valence-corrected chi connectivity index (χ0v) is 22.8. The number of hydrogen-bond donors (Lipinski definition) is 1. The number of fused-ring (bicyclic) bond motifs is 1. The number of nitrogens with zero attached hydrogens (tertiary/aromatic N) is 3. The molecule has 4 aromatic carbocycles. The van der Waals surface area contributed by atoms with Gasteiger partial charge in [0.05, 0.1) is 35.3 Å². The lowest BCUT2D eigenvalue weighted by atomic mass is 10.1. The molecular weight excluding hydrogens is 545 g/mol. The Morgan fingerprint density at radius 1 is 0.952 bits per heavy atom. The highest BCUT2D eigenvalue weighted by molar-refractivity contribution is 5.89. The number of benzene rings is 4. The van der Waals surface area contributed by atoms with Crippen molar-refractivity contribution in [1.29, 1.82) is 0 Å². The van der Waals surface area contributed by atoms with Crippen LogP contribution in [-0.4, -0.2) is 27.6 Å². The number of ether oxygens (including phenoxy) is 1. The average molecular weight is 573 g/mol. The first kappa shape index (κ1) is 28.4. The van der Waals surface area contributed by atoms with Crippen molar-refractivity contribution < 1.29 is 22.7 Å². The zero-order valence-electron chi connectivity index (χ0n) is 22.8. The van der Waals surface area contributed by atoms with Gasteiger partial charge in [0.15, 0.2) is 0 Å². The molecule has 0 saturated heterocycles. The van der Waals surface area contributed by atoms with E-state index in [4.69, 9.17) is 9.72 Å². The number of aromatic nitrogens is 2. The molecule has 214 valence electrons. The van der Waals surface area contributed by atoms with E-state index in [0.717, 1.165) is 17.7 Å². The topological polar surface area (TPSA) is 76.5 Å². The van der Waals surface area contributed by atoms with E-state index in [1.54, 1.807) is 55.5 Å². The summed E-state index contributed by atoms with van der Waals surface area (Å²) in [5.41, 5.74) is 0.519. The minimum Gasteiger partial charge on any atom is -0.497 e. The van der Waals surface area contributed by atoms with Gasteiger partial charge in [0.1, 0.15) is 11.6 Å². The van der Waals surface area contributed by atoms with Crippen LogP contribution < -0.4 is 15.6 Å². The molecule has 0 radical (unpaired) electrons. The molecule has 1 heterocycles. The van der Waals surface area contributed by atoms with Gasteiger partial charge in [-0.3, -0.25) is 9.36 Å². The summed E-state index contributed by atoms with van der Waals surface area (Å²) in [5, 5.41) is 3.00. The van der Waals surface area contributed by atoms with Gasteiger partial charge in [-0.15, -0.1) is 0 Å². The fourth-order valence-electron chi connectivity index (χ4n) is 4.68. The first-order valence-electron chi connectivity index (χ1n) is 13.1. The van der Waals surface area contributed by atoms with Gasteiger partial charge >= 0.3 is 12.2 Å². The minimum absolute atomic E-state index is 0.0147. The van der Waals surface area contributed by atoms with Gasteiger partial charge in [-0.25, -0.2) is 9.78 Å². The van der Waals surface area contributed by atoms with Crippen LogP contribution in [-0.2, 0) is 12.7 Å². The number of carbonyl (C=O) groups is 1. The van der Waals surface area contributed by atoms with E-state index < -0.39 is 23.8 Å². The highest BCUT2D eigenvalue weighted by Crippen LogP contribution is 2.31. The van der Waals surface area contributed by atoms with Crippen molar-refractivity contribution in [2.75, 3.05) is 12.4 Å². The lowest BCUT2D eigenvalue weighted by Crippen LogP contribution is -2.39. The lowest BCUT2D eigenvalue weighted by Gasteiger charge is -2.31. The summed E-state index contributed by atoms with van der Waals surface area (Å²) in [6.45, 7) is 1.82. The average Bonchev–Trinajstić information content (AvgIpc) is 3.00. The predicted octanol–water partition coefficient (Wildman–Crippen LogP) is 7.21. The smallest absolute Gasteiger partial charge is 0.416 e. The van der Waals surface area contributed by atoms with Gasteiger partial charge in [0, 0.05) is 12.2 Å². The summed E-state index contributed by atoms with van der Waals surface area (Å²) in [4.78, 5) is 33.9. The number of hydrogen-bond acceptors (Lipinski definition) is 4. The van der Waals surface area contributed by atoms with Gasteiger partial charge < -0.3 is 15.0 Å². The molecule has 42 heavy (non-hydrogen) atoms. The van der Waals surface area contributed by atoms with Crippen LogP contribution in [0.5, 0.6) is 5.75 Å². The van der Waals surface area contributed by atoms with Crippen LogP contribution in [0.4, 0.5) is 23.7 Å².